The van der Waals surface area contributed by atoms with E-state index in [1.807, 2.05) is 29.1 Å². The highest BCUT2D eigenvalue weighted by atomic mass is 32.2. The molecule has 1 heterocycles. The first-order valence-corrected chi connectivity index (χ1v) is 14.3. The smallest absolute Gasteiger partial charge is 0.169 e. The Morgan fingerprint density at radius 3 is 2.09 bits per heavy atom. The molecule has 0 N–H and O–H groups in total. The Morgan fingerprint density at radius 1 is 0.800 bits per heavy atom. The average molecular weight is 495 g/mol. The first kappa shape index (κ1) is 26.9. The van der Waals surface area contributed by atoms with Gasteiger partial charge in [-0.05, 0) is 59.4 Å². The van der Waals surface area contributed by atoms with Gasteiger partial charge in [-0.3, -0.25) is 0 Å². The predicted octanol–water partition coefficient (Wildman–Crippen LogP) is 6.03. The Morgan fingerprint density at radius 2 is 1.43 bits per heavy atom. The summed E-state index contributed by atoms with van der Waals surface area (Å²) < 4.78 is 34.1. The minimum absolute atomic E-state index is 0.294. The van der Waals surface area contributed by atoms with E-state index in [0.717, 1.165) is 24.2 Å². The van der Waals surface area contributed by atoms with Crippen LogP contribution in [-0.2, 0) is 16.7 Å². The molecule has 6 heteroatoms. The zero-order chi connectivity index (χ0) is 25.1. The van der Waals surface area contributed by atoms with Crippen LogP contribution in [-0.4, -0.2) is 31.8 Å². The summed E-state index contributed by atoms with van der Waals surface area (Å²) in [5, 5.41) is 2.51. The third-order valence-electron chi connectivity index (χ3n) is 6.22. The van der Waals surface area contributed by atoms with Crippen molar-refractivity contribution in [1.82, 2.24) is 0 Å². The molecule has 0 amide bonds. The molecule has 0 aliphatic carbocycles. The van der Waals surface area contributed by atoms with Gasteiger partial charge in [0, 0.05) is 43.1 Å². The molecular formula is C29H38N2O3S. The Balaban J connectivity index is 1.62. The summed E-state index contributed by atoms with van der Waals surface area (Å²) in [6.45, 7) is 7.41. The van der Waals surface area contributed by atoms with Crippen molar-refractivity contribution in [2.45, 2.75) is 58.9 Å². The van der Waals surface area contributed by atoms with E-state index >= 15 is 0 Å². The van der Waals surface area contributed by atoms with Crippen molar-refractivity contribution in [2.75, 3.05) is 23.7 Å². The number of hydrogen-bond donors (Lipinski definition) is 0. The second kappa shape index (κ2) is 13.4. The van der Waals surface area contributed by atoms with Crippen molar-refractivity contribution >= 4 is 38.7 Å². The second-order valence-corrected chi connectivity index (χ2v) is 10.7. The summed E-state index contributed by atoms with van der Waals surface area (Å²) in [6.07, 6.45) is 14.1. The van der Waals surface area contributed by atoms with E-state index < -0.39 is 10.1 Å². The summed E-state index contributed by atoms with van der Waals surface area (Å²) in [5.74, 6) is -0.294. The normalized spacial score (nSPS) is 12.0. The Hall–Kier alpha value is -2.70. The zero-order valence-corrected chi connectivity index (χ0v) is 21.8. The maximum atomic E-state index is 10.7. The molecule has 0 saturated heterocycles. The molecule has 3 aromatic rings. The highest BCUT2D eigenvalue weighted by Crippen LogP contribution is 2.25. The average Bonchev–Trinajstić information content (AvgIpc) is 2.85. The van der Waals surface area contributed by atoms with Gasteiger partial charge in [0.1, 0.15) is 6.54 Å². The predicted molar refractivity (Wildman–Crippen MR) is 145 cm³/mol. The van der Waals surface area contributed by atoms with E-state index in [4.69, 9.17) is 0 Å². The standard InChI is InChI=1S/C29H38N2O3S/c1-3-5-18-31(19-6-4-2)29-14-13-27-23-26(11-12-28(27)24-29)10-9-25-15-20-30(21-16-25)17-7-8-22-35(32,33)34/h9-16,20-21,23-24H,3-8,17-19,22H2,1-2H3. The number of aryl methyl sites for hydroxylation is 1. The van der Waals surface area contributed by atoms with E-state index in [2.05, 4.69) is 67.3 Å². The maximum absolute atomic E-state index is 10.7. The van der Waals surface area contributed by atoms with E-state index in [9.17, 15) is 13.0 Å². The lowest BCUT2D eigenvalue weighted by molar-refractivity contribution is -0.697. The highest BCUT2D eigenvalue weighted by Gasteiger charge is 2.07. The van der Waals surface area contributed by atoms with Gasteiger partial charge in [0.15, 0.2) is 12.4 Å². The topological polar surface area (TPSA) is 64.3 Å². The van der Waals surface area contributed by atoms with Crippen LogP contribution in [0.2, 0.25) is 0 Å². The molecule has 0 aliphatic heterocycles. The van der Waals surface area contributed by atoms with Crippen molar-refractivity contribution in [3.05, 3.63) is 72.1 Å². The zero-order valence-electron chi connectivity index (χ0n) is 21.0. The quantitative estimate of drug-likeness (QED) is 0.156. The highest BCUT2D eigenvalue weighted by molar-refractivity contribution is 7.85. The first-order valence-electron chi connectivity index (χ1n) is 12.8. The number of hydrogen-bond acceptors (Lipinski definition) is 4. The van der Waals surface area contributed by atoms with Crippen molar-refractivity contribution in [3.8, 4) is 0 Å². The molecule has 0 fully saturated rings. The van der Waals surface area contributed by atoms with Gasteiger partial charge in [0.2, 0.25) is 0 Å². The van der Waals surface area contributed by atoms with Crippen LogP contribution in [0.5, 0.6) is 0 Å². The lowest BCUT2D eigenvalue weighted by atomic mass is 10.0. The SMILES string of the molecule is CCCCN(CCCC)c1ccc2cc(/C=C/c3cc[n+](CCCCS(=O)(=O)[O-])cc3)ccc2c1. The molecule has 0 bridgehead atoms. The lowest BCUT2D eigenvalue weighted by Gasteiger charge is -2.25. The number of pyridine rings is 1. The minimum atomic E-state index is -4.12. The number of anilines is 1. The van der Waals surface area contributed by atoms with Gasteiger partial charge in [0.25, 0.3) is 0 Å². The Labute approximate surface area is 210 Å². The van der Waals surface area contributed by atoms with Gasteiger partial charge in [-0.25, -0.2) is 13.0 Å². The molecule has 2 aromatic carbocycles. The van der Waals surface area contributed by atoms with Crippen molar-refractivity contribution in [1.29, 1.82) is 0 Å². The number of rotatable bonds is 14. The minimum Gasteiger partial charge on any atom is -0.748 e. The molecule has 188 valence electrons. The summed E-state index contributed by atoms with van der Waals surface area (Å²) in [4.78, 5) is 2.52. The number of nitrogens with zero attached hydrogens (tertiary/aromatic N) is 2. The van der Waals surface area contributed by atoms with Crippen LogP contribution in [0.25, 0.3) is 22.9 Å². The fourth-order valence-corrected chi connectivity index (χ4v) is 4.67. The lowest BCUT2D eigenvalue weighted by Crippen LogP contribution is -2.32. The Bertz CT molecular complexity index is 1200. The monoisotopic (exact) mass is 494 g/mol. The summed E-state index contributed by atoms with van der Waals surface area (Å²) >= 11 is 0. The summed E-state index contributed by atoms with van der Waals surface area (Å²) in [5.41, 5.74) is 3.57. The molecule has 0 spiro atoms. The van der Waals surface area contributed by atoms with Crippen LogP contribution >= 0.6 is 0 Å². The van der Waals surface area contributed by atoms with Crippen molar-refractivity contribution in [3.63, 3.8) is 0 Å². The maximum Gasteiger partial charge on any atom is 0.169 e. The number of benzene rings is 2. The third-order valence-corrected chi connectivity index (χ3v) is 7.01. The van der Waals surface area contributed by atoms with Crippen molar-refractivity contribution < 1.29 is 17.5 Å². The van der Waals surface area contributed by atoms with Crippen LogP contribution in [0.3, 0.4) is 0 Å². The van der Waals surface area contributed by atoms with Crippen LogP contribution in [0.4, 0.5) is 5.69 Å². The fourth-order valence-electron chi connectivity index (χ4n) is 4.11. The van der Waals surface area contributed by atoms with E-state index in [-0.39, 0.29) is 5.75 Å². The molecule has 0 aliphatic rings. The first-order chi connectivity index (χ1) is 16.9. The van der Waals surface area contributed by atoms with Crippen LogP contribution in [0.15, 0.2) is 60.9 Å². The molecule has 0 saturated carbocycles. The fraction of sp³-hybridized carbons (Fsp3) is 0.414. The van der Waals surface area contributed by atoms with Gasteiger partial charge >= 0.3 is 0 Å². The summed E-state index contributed by atoms with van der Waals surface area (Å²) in [7, 11) is -4.12. The van der Waals surface area contributed by atoms with E-state index in [1.54, 1.807) is 0 Å². The molecule has 35 heavy (non-hydrogen) atoms. The molecule has 0 unspecified atom stereocenters. The van der Waals surface area contributed by atoms with E-state index in [0.29, 0.717) is 19.4 Å². The van der Waals surface area contributed by atoms with Crippen LogP contribution < -0.4 is 9.47 Å². The molecular weight excluding hydrogens is 456 g/mol. The largest absolute Gasteiger partial charge is 0.748 e. The van der Waals surface area contributed by atoms with Crippen LogP contribution in [0, 0.1) is 0 Å². The van der Waals surface area contributed by atoms with Gasteiger partial charge < -0.3 is 9.45 Å². The third kappa shape index (κ3) is 9.11. The van der Waals surface area contributed by atoms with Crippen LogP contribution in [0.1, 0.15) is 63.5 Å². The Kier molecular flexibility index (Phi) is 10.3. The number of unbranched alkanes of at least 4 members (excludes halogenated alkanes) is 3. The van der Waals surface area contributed by atoms with Gasteiger partial charge in [-0.2, -0.15) is 0 Å². The number of fused-ring (bicyclic) bond motifs is 1. The van der Waals surface area contributed by atoms with Gasteiger partial charge in [0.05, 0.1) is 10.1 Å². The van der Waals surface area contributed by atoms with Gasteiger partial charge in [-0.1, -0.05) is 57.0 Å². The molecule has 3 rings (SSSR count). The summed E-state index contributed by atoms with van der Waals surface area (Å²) in [6, 6.07) is 17.5. The molecule has 5 nitrogen and oxygen atoms in total. The van der Waals surface area contributed by atoms with Crippen molar-refractivity contribution in [2.24, 2.45) is 0 Å². The van der Waals surface area contributed by atoms with E-state index in [1.165, 1.54) is 42.1 Å². The molecule has 0 radical (unpaired) electrons. The van der Waals surface area contributed by atoms with Gasteiger partial charge in [-0.15, -0.1) is 0 Å². The number of aromatic nitrogens is 1. The molecule has 0 atom stereocenters. The second-order valence-electron chi connectivity index (χ2n) is 9.16. The molecule has 1 aromatic heterocycles.